The summed E-state index contributed by atoms with van der Waals surface area (Å²) >= 11 is 0. The van der Waals surface area contributed by atoms with E-state index in [0.29, 0.717) is 17.0 Å². The van der Waals surface area contributed by atoms with Crippen LogP contribution in [0.25, 0.3) is 11.3 Å². The lowest BCUT2D eigenvalue weighted by atomic mass is 10.0. The zero-order chi connectivity index (χ0) is 29.5. The molecule has 0 saturated heterocycles. The summed E-state index contributed by atoms with van der Waals surface area (Å²) in [6, 6.07) is 17.9. The van der Waals surface area contributed by atoms with Crippen LogP contribution in [0.5, 0.6) is 5.75 Å². The molecule has 1 heterocycles. The fourth-order valence-corrected chi connectivity index (χ4v) is 4.09. The van der Waals surface area contributed by atoms with Gasteiger partial charge in [0.25, 0.3) is 5.91 Å². The van der Waals surface area contributed by atoms with Crippen molar-refractivity contribution in [1.82, 2.24) is 10.5 Å². The summed E-state index contributed by atoms with van der Waals surface area (Å²) in [4.78, 5) is 37.2. The maximum atomic E-state index is 14.0. The van der Waals surface area contributed by atoms with Crippen LogP contribution in [0.1, 0.15) is 40.2 Å². The number of aromatic nitrogens is 1. The normalized spacial score (nSPS) is 12.2. The Morgan fingerprint density at radius 3 is 2.34 bits per heavy atom. The van der Waals surface area contributed by atoms with Crippen molar-refractivity contribution in [3.63, 3.8) is 0 Å². The van der Waals surface area contributed by atoms with Crippen LogP contribution in [-0.4, -0.2) is 41.4 Å². The number of amides is 2. The SMILES string of the molecule is COc1ccc(CC(NC(=O)c2ccc(-c3onc(C)c3NC(=O)OC(C)c3ccccc3F)cc2)C(=O)O)cc1. The summed E-state index contributed by atoms with van der Waals surface area (Å²) in [5.74, 6) is -1.38. The van der Waals surface area contributed by atoms with Gasteiger partial charge in [-0.05, 0) is 49.7 Å². The first-order valence-electron chi connectivity index (χ1n) is 12.6. The number of carbonyl (C=O) groups is 3. The third kappa shape index (κ3) is 7.07. The fourth-order valence-electron chi connectivity index (χ4n) is 4.09. The summed E-state index contributed by atoms with van der Waals surface area (Å²) in [5, 5.41) is 18.7. The third-order valence-corrected chi connectivity index (χ3v) is 6.33. The molecule has 0 aliphatic carbocycles. The molecule has 11 heteroatoms. The van der Waals surface area contributed by atoms with Crippen molar-refractivity contribution in [2.45, 2.75) is 32.4 Å². The first kappa shape index (κ1) is 28.8. The Bertz CT molecular complexity index is 1530. The van der Waals surface area contributed by atoms with Gasteiger partial charge in [0.1, 0.15) is 35.1 Å². The number of rotatable bonds is 10. The van der Waals surface area contributed by atoms with Gasteiger partial charge in [0.2, 0.25) is 0 Å². The number of hydrogen-bond acceptors (Lipinski definition) is 7. The van der Waals surface area contributed by atoms with E-state index in [0.717, 1.165) is 5.56 Å². The Hall–Kier alpha value is -5.19. The molecular weight excluding hydrogens is 533 g/mol. The second-order valence-corrected chi connectivity index (χ2v) is 9.16. The molecule has 0 aliphatic rings. The van der Waals surface area contributed by atoms with Crippen molar-refractivity contribution >= 4 is 23.7 Å². The second kappa shape index (κ2) is 12.8. The van der Waals surface area contributed by atoms with Crippen molar-refractivity contribution in [2.75, 3.05) is 12.4 Å². The summed E-state index contributed by atoms with van der Waals surface area (Å²) in [7, 11) is 1.53. The Morgan fingerprint density at radius 1 is 1.02 bits per heavy atom. The standard InChI is InChI=1S/C30H28FN3O7/c1-17-26(33-30(38)40-18(2)23-6-4-5-7-24(23)31)27(41-34-17)20-10-12-21(13-11-20)28(35)32-25(29(36)37)16-19-8-14-22(39-3)15-9-19/h4-15,18,25H,16H2,1-3H3,(H,32,35)(H,33,38)(H,36,37). The summed E-state index contributed by atoms with van der Waals surface area (Å²) in [6.07, 6.45) is -1.60. The van der Waals surface area contributed by atoms with Gasteiger partial charge in [-0.3, -0.25) is 10.1 Å². The fraction of sp³-hybridized carbons (Fsp3) is 0.200. The number of carboxylic acid groups (broad SMARTS) is 1. The molecule has 10 nitrogen and oxygen atoms in total. The van der Waals surface area contributed by atoms with E-state index >= 15 is 0 Å². The number of hydrogen-bond donors (Lipinski definition) is 3. The minimum atomic E-state index is -1.17. The molecule has 2 unspecified atom stereocenters. The molecule has 0 radical (unpaired) electrons. The second-order valence-electron chi connectivity index (χ2n) is 9.16. The maximum Gasteiger partial charge on any atom is 0.412 e. The van der Waals surface area contributed by atoms with Gasteiger partial charge in [-0.15, -0.1) is 0 Å². The zero-order valence-electron chi connectivity index (χ0n) is 22.5. The van der Waals surface area contributed by atoms with Gasteiger partial charge in [-0.25, -0.2) is 14.0 Å². The van der Waals surface area contributed by atoms with E-state index in [1.54, 1.807) is 62.4 Å². The van der Waals surface area contributed by atoms with E-state index < -0.39 is 35.9 Å². The number of carbonyl (C=O) groups excluding carboxylic acids is 2. The summed E-state index contributed by atoms with van der Waals surface area (Å²) in [6.45, 7) is 3.18. The average molecular weight is 562 g/mol. The number of benzene rings is 3. The first-order chi connectivity index (χ1) is 19.7. The molecule has 1 aromatic heterocycles. The van der Waals surface area contributed by atoms with E-state index in [2.05, 4.69) is 15.8 Å². The number of aliphatic carboxylic acids is 1. The smallest absolute Gasteiger partial charge is 0.412 e. The molecule has 0 bridgehead atoms. The molecular formula is C30H28FN3O7. The van der Waals surface area contributed by atoms with Crippen molar-refractivity contribution in [2.24, 2.45) is 0 Å². The minimum Gasteiger partial charge on any atom is -0.497 e. The van der Waals surface area contributed by atoms with Crippen LogP contribution < -0.4 is 15.4 Å². The molecule has 4 aromatic rings. The van der Waals surface area contributed by atoms with Gasteiger partial charge >= 0.3 is 12.1 Å². The zero-order valence-corrected chi connectivity index (χ0v) is 22.5. The quantitative estimate of drug-likeness (QED) is 0.230. The highest BCUT2D eigenvalue weighted by molar-refractivity contribution is 5.97. The number of halogens is 1. The van der Waals surface area contributed by atoms with Crippen LogP contribution >= 0.6 is 0 Å². The predicted octanol–water partition coefficient (Wildman–Crippen LogP) is 5.53. The van der Waals surface area contributed by atoms with Gasteiger partial charge in [-0.2, -0.15) is 0 Å². The Kier molecular flexibility index (Phi) is 8.98. The number of methoxy groups -OCH3 is 1. The van der Waals surface area contributed by atoms with Crippen LogP contribution in [0, 0.1) is 12.7 Å². The molecule has 0 aliphatic heterocycles. The number of ether oxygens (including phenoxy) is 2. The molecule has 2 atom stereocenters. The highest BCUT2D eigenvalue weighted by Crippen LogP contribution is 2.32. The predicted molar refractivity (Wildman–Crippen MR) is 147 cm³/mol. The van der Waals surface area contributed by atoms with Crippen molar-refractivity contribution in [3.8, 4) is 17.1 Å². The molecule has 41 heavy (non-hydrogen) atoms. The Labute approximate surface area is 235 Å². The van der Waals surface area contributed by atoms with E-state index in [1.165, 1.54) is 31.4 Å². The topological polar surface area (TPSA) is 140 Å². The van der Waals surface area contributed by atoms with E-state index in [4.69, 9.17) is 14.0 Å². The largest absolute Gasteiger partial charge is 0.497 e. The monoisotopic (exact) mass is 561 g/mol. The van der Waals surface area contributed by atoms with Crippen molar-refractivity contribution in [1.29, 1.82) is 0 Å². The van der Waals surface area contributed by atoms with Gasteiger partial charge < -0.3 is 24.4 Å². The molecule has 212 valence electrons. The number of carboxylic acids is 1. The molecule has 0 saturated carbocycles. The maximum absolute atomic E-state index is 14.0. The van der Waals surface area contributed by atoms with Gasteiger partial charge in [-0.1, -0.05) is 47.6 Å². The van der Waals surface area contributed by atoms with Crippen LogP contribution in [0.4, 0.5) is 14.9 Å². The average Bonchev–Trinajstić information content (AvgIpc) is 3.32. The molecule has 3 aromatic carbocycles. The van der Waals surface area contributed by atoms with Gasteiger partial charge in [0.05, 0.1) is 7.11 Å². The van der Waals surface area contributed by atoms with Crippen LogP contribution in [-0.2, 0) is 16.0 Å². The highest BCUT2D eigenvalue weighted by Gasteiger charge is 2.23. The van der Waals surface area contributed by atoms with Crippen LogP contribution in [0.3, 0.4) is 0 Å². The third-order valence-electron chi connectivity index (χ3n) is 6.33. The van der Waals surface area contributed by atoms with E-state index in [-0.39, 0.29) is 29.0 Å². The lowest BCUT2D eigenvalue weighted by Crippen LogP contribution is -2.42. The highest BCUT2D eigenvalue weighted by atomic mass is 19.1. The van der Waals surface area contributed by atoms with Gasteiger partial charge in [0.15, 0.2) is 5.76 Å². The van der Waals surface area contributed by atoms with Crippen molar-refractivity contribution in [3.05, 3.63) is 101 Å². The lowest BCUT2D eigenvalue weighted by Gasteiger charge is -2.15. The molecule has 2 amide bonds. The lowest BCUT2D eigenvalue weighted by molar-refractivity contribution is -0.139. The molecule has 0 fully saturated rings. The van der Waals surface area contributed by atoms with E-state index in [1.807, 2.05) is 0 Å². The van der Waals surface area contributed by atoms with Crippen molar-refractivity contribution < 1.29 is 37.9 Å². The first-order valence-corrected chi connectivity index (χ1v) is 12.6. The van der Waals surface area contributed by atoms with Crippen LogP contribution in [0.15, 0.2) is 77.3 Å². The Balaban J connectivity index is 1.43. The van der Waals surface area contributed by atoms with Crippen LogP contribution in [0.2, 0.25) is 0 Å². The molecule has 3 N–H and O–H groups in total. The number of nitrogens with zero attached hydrogens (tertiary/aromatic N) is 1. The van der Waals surface area contributed by atoms with Gasteiger partial charge in [0, 0.05) is 23.1 Å². The summed E-state index contributed by atoms with van der Waals surface area (Å²) in [5.41, 5.74) is 2.29. The Morgan fingerprint density at radius 2 is 1.71 bits per heavy atom. The minimum absolute atomic E-state index is 0.0845. The molecule has 0 spiro atoms. The summed E-state index contributed by atoms with van der Waals surface area (Å²) < 4.78 is 29.9. The number of anilines is 1. The van der Waals surface area contributed by atoms with E-state index in [9.17, 15) is 23.9 Å². The number of aryl methyl sites for hydroxylation is 1. The number of nitrogens with one attached hydrogen (secondary N) is 2. The molecule has 4 rings (SSSR count).